The fourth-order valence-corrected chi connectivity index (χ4v) is 5.51. The summed E-state index contributed by atoms with van der Waals surface area (Å²) in [7, 11) is 0. The van der Waals surface area contributed by atoms with Crippen LogP contribution in [0.1, 0.15) is 11.1 Å². The number of hydrogen-bond acceptors (Lipinski definition) is 6. The first-order valence-electron chi connectivity index (χ1n) is 12.9. The largest absolute Gasteiger partial charge is 2.00 e. The first-order chi connectivity index (χ1) is 19.8. The van der Waals surface area contributed by atoms with Crippen molar-refractivity contribution in [2.24, 2.45) is 0 Å². The molecule has 0 fully saturated rings. The maximum Gasteiger partial charge on any atom is 2.00 e. The first kappa shape index (κ1) is 23.8. The van der Waals surface area contributed by atoms with Gasteiger partial charge in [-0.05, 0) is 40.5 Å². The van der Waals surface area contributed by atoms with E-state index in [1.807, 2.05) is 84.9 Å². The molecule has 6 aromatic rings. The van der Waals surface area contributed by atoms with Gasteiger partial charge in [-0.2, -0.15) is 0 Å². The van der Waals surface area contributed by atoms with Crippen molar-refractivity contribution in [1.82, 2.24) is 39.9 Å². The Bertz CT molecular complexity index is 2310. The van der Waals surface area contributed by atoms with Crippen LogP contribution >= 0.6 is 0 Å². The van der Waals surface area contributed by atoms with Gasteiger partial charge < -0.3 is 29.9 Å². The molecular weight excluding hydrogens is 562 g/mol. The van der Waals surface area contributed by atoms with Gasteiger partial charge in [0.05, 0.1) is 23.3 Å². The number of allylic oxidation sites excluding steroid dienone is 1. The van der Waals surface area contributed by atoms with Crippen molar-refractivity contribution in [2.75, 3.05) is 0 Å². The van der Waals surface area contributed by atoms with Crippen LogP contribution in [0.25, 0.3) is 85.0 Å². The maximum absolute atomic E-state index is 4.97. The van der Waals surface area contributed by atoms with Gasteiger partial charge in [-0.25, -0.2) is 9.97 Å². The van der Waals surface area contributed by atoms with Crippen molar-refractivity contribution in [1.29, 1.82) is 0 Å². The second-order valence-electron chi connectivity index (χ2n) is 9.73. The molecule has 2 aliphatic heterocycles. The molecule has 0 amide bonds. The predicted octanol–water partition coefficient (Wildman–Crippen LogP) is 5.70. The molecule has 0 saturated heterocycles. The molecule has 9 rings (SSSR count). The minimum Gasteiger partial charge on any atom is -0.357 e. The number of aromatic nitrogens is 8. The van der Waals surface area contributed by atoms with Crippen LogP contribution in [0.2, 0.25) is 0 Å². The van der Waals surface area contributed by atoms with Gasteiger partial charge in [0.2, 0.25) is 0 Å². The van der Waals surface area contributed by atoms with Crippen molar-refractivity contribution < 1.29 is 19.5 Å². The van der Waals surface area contributed by atoms with E-state index in [0.29, 0.717) is 52.3 Å². The zero-order valence-electron chi connectivity index (χ0n) is 21.6. The second kappa shape index (κ2) is 8.96. The summed E-state index contributed by atoms with van der Waals surface area (Å²) in [5.74, 6) is 2.22. The molecule has 0 saturated carbocycles. The van der Waals surface area contributed by atoms with E-state index in [2.05, 4.69) is 5.73 Å². The second-order valence-corrected chi connectivity index (χ2v) is 9.73. The molecule has 186 valence electrons. The molecule has 0 spiro atoms. The Kier molecular flexibility index (Phi) is 5.19. The Hall–Kier alpha value is -5.10. The van der Waals surface area contributed by atoms with Crippen LogP contribution in [0, 0.1) is 0 Å². The SMILES string of the molecule is C1=CCc2c(c3nc4nc(nc5[n-]c(nc6nc(nc2[n-]3)-c2ccccc2-6)c2ccccc52)-c2ccccc2-4)C=1.[Zn+2]. The predicted molar refractivity (Wildman–Crippen MR) is 153 cm³/mol. The van der Waals surface area contributed by atoms with Crippen LogP contribution in [0.5, 0.6) is 0 Å². The summed E-state index contributed by atoms with van der Waals surface area (Å²) in [4.78, 5) is 39.3. The molecule has 0 radical (unpaired) electrons. The van der Waals surface area contributed by atoms with E-state index < -0.39 is 0 Å². The Labute approximate surface area is 245 Å². The van der Waals surface area contributed by atoms with Gasteiger partial charge in [0.25, 0.3) is 0 Å². The van der Waals surface area contributed by atoms with Crippen LogP contribution in [-0.2, 0) is 25.9 Å². The quantitative estimate of drug-likeness (QED) is 0.167. The topological polar surface area (TPSA) is 106 Å². The molecule has 3 aromatic heterocycles. The molecule has 9 heteroatoms. The monoisotopic (exact) mass is 576 g/mol. The number of benzene rings is 3. The zero-order valence-corrected chi connectivity index (χ0v) is 24.5. The van der Waals surface area contributed by atoms with Gasteiger partial charge in [0.15, 0.2) is 0 Å². The van der Waals surface area contributed by atoms with Crippen LogP contribution in [0.15, 0.2) is 84.6 Å². The molecule has 41 heavy (non-hydrogen) atoms. The molecule has 0 atom stereocenters. The van der Waals surface area contributed by atoms with Crippen molar-refractivity contribution >= 4 is 39.4 Å². The number of fused-ring (bicyclic) bond motifs is 20. The third-order valence-corrected chi connectivity index (χ3v) is 7.41. The minimum atomic E-state index is 0. The van der Waals surface area contributed by atoms with E-state index in [4.69, 9.17) is 39.9 Å². The third-order valence-electron chi connectivity index (χ3n) is 7.41. The van der Waals surface area contributed by atoms with Gasteiger partial charge in [-0.1, -0.05) is 72.8 Å². The Balaban J connectivity index is 0.00000256. The molecule has 1 aliphatic carbocycles. The van der Waals surface area contributed by atoms with E-state index in [1.165, 1.54) is 0 Å². The van der Waals surface area contributed by atoms with E-state index in [-0.39, 0.29) is 19.5 Å². The van der Waals surface area contributed by atoms with E-state index in [0.717, 1.165) is 44.2 Å². The van der Waals surface area contributed by atoms with Crippen molar-refractivity contribution in [3.63, 3.8) is 0 Å². The summed E-state index contributed by atoms with van der Waals surface area (Å²) in [5.41, 5.74) is 10.9. The van der Waals surface area contributed by atoms with E-state index in [1.54, 1.807) is 0 Å². The molecule has 3 aromatic carbocycles. The van der Waals surface area contributed by atoms with Gasteiger partial charge >= 0.3 is 19.5 Å². The maximum atomic E-state index is 4.97. The summed E-state index contributed by atoms with van der Waals surface area (Å²) < 4.78 is 0. The standard InChI is InChI=1S/C32H16N8.Zn/c1-2-10-18-17(9-1)25-33-26(18)38-28-21-13-5-6-14-22(21)30(35-28)40-32-24-16-8-7-15-23(24)31(36-32)39-29-20-12-4-3-11-19(20)27(34-29)37-25;/h1-7,9-14,16H,15H2;/q-2;+2. The Morgan fingerprint density at radius 1 is 0.512 bits per heavy atom. The zero-order chi connectivity index (χ0) is 26.2. The van der Waals surface area contributed by atoms with Crippen molar-refractivity contribution in [3.8, 4) is 45.6 Å². The Morgan fingerprint density at radius 3 is 1.49 bits per heavy atom. The van der Waals surface area contributed by atoms with Crippen LogP contribution in [0.3, 0.4) is 0 Å². The number of hydrogen-bond donors (Lipinski definition) is 0. The molecule has 8 bridgehead atoms. The molecule has 0 N–H and O–H groups in total. The smallest absolute Gasteiger partial charge is 0.357 e. The van der Waals surface area contributed by atoms with Gasteiger partial charge in [0.1, 0.15) is 0 Å². The summed E-state index contributed by atoms with van der Waals surface area (Å²) in [5, 5.41) is 1.79. The van der Waals surface area contributed by atoms with Crippen molar-refractivity contribution in [3.05, 3.63) is 95.7 Å². The average molecular weight is 578 g/mol. The molecule has 8 nitrogen and oxygen atoms in total. The summed E-state index contributed by atoms with van der Waals surface area (Å²) in [6, 6.07) is 23.9. The van der Waals surface area contributed by atoms with Crippen LogP contribution < -0.4 is 9.97 Å². The molecule has 5 heterocycles. The van der Waals surface area contributed by atoms with Gasteiger partial charge in [-0.15, -0.1) is 5.73 Å². The molecular formula is C32H16N8Zn. The van der Waals surface area contributed by atoms with Gasteiger partial charge in [-0.3, -0.25) is 0 Å². The van der Waals surface area contributed by atoms with E-state index in [9.17, 15) is 0 Å². The first-order valence-corrected chi connectivity index (χ1v) is 12.9. The van der Waals surface area contributed by atoms with Gasteiger partial charge in [0, 0.05) is 44.8 Å². The summed E-state index contributed by atoms with van der Waals surface area (Å²) in [6.07, 6.45) is 4.54. The normalized spacial score (nSPS) is 12.5. The average Bonchev–Trinajstić information content (AvgIpc) is 3.73. The summed E-state index contributed by atoms with van der Waals surface area (Å²) >= 11 is 0. The number of nitrogens with zero attached hydrogens (tertiary/aromatic N) is 8. The molecule has 0 unspecified atom stereocenters. The minimum absolute atomic E-state index is 0. The number of rotatable bonds is 0. The fourth-order valence-electron chi connectivity index (χ4n) is 5.51. The van der Waals surface area contributed by atoms with Crippen molar-refractivity contribution in [2.45, 2.75) is 6.42 Å². The Morgan fingerprint density at radius 2 is 0.951 bits per heavy atom. The molecule has 3 aliphatic rings. The van der Waals surface area contributed by atoms with Crippen LogP contribution in [0.4, 0.5) is 0 Å². The van der Waals surface area contributed by atoms with E-state index >= 15 is 0 Å². The van der Waals surface area contributed by atoms with Crippen LogP contribution in [-0.4, -0.2) is 29.9 Å². The third kappa shape index (κ3) is 3.57. The fraction of sp³-hybridized carbons (Fsp3) is 0.0312. The summed E-state index contributed by atoms with van der Waals surface area (Å²) in [6.45, 7) is 0.